The van der Waals surface area contributed by atoms with Crippen LogP contribution in [0.1, 0.15) is 10.4 Å². The van der Waals surface area contributed by atoms with E-state index < -0.39 is 0 Å². The number of carbonyl (C=O) groups is 1. The maximum atomic E-state index is 12.1. The molecular weight excluding hydrogens is 300 g/mol. The first-order valence-corrected chi connectivity index (χ1v) is 7.67. The molecule has 8 heteroatoms. The quantitative estimate of drug-likeness (QED) is 0.475. The maximum absolute atomic E-state index is 12.1. The molecule has 0 aliphatic heterocycles. The lowest BCUT2D eigenvalue weighted by atomic mass is 10.1. The summed E-state index contributed by atoms with van der Waals surface area (Å²) >= 11 is 1.51. The number of benzene rings is 1. The minimum absolute atomic E-state index is 0.0977. The zero-order valence-electron chi connectivity index (χ0n) is 11.6. The molecule has 22 heavy (non-hydrogen) atoms. The molecule has 7 nitrogen and oxygen atoms in total. The fraction of sp³-hybridized carbons (Fsp3) is 0.143. The van der Waals surface area contributed by atoms with Crippen molar-refractivity contribution in [3.05, 3.63) is 48.4 Å². The van der Waals surface area contributed by atoms with Crippen LogP contribution < -0.4 is 5.32 Å². The van der Waals surface area contributed by atoms with E-state index in [0.29, 0.717) is 12.1 Å². The standard InChI is InChI=1S/C14H14N6OS/c21-13(15-6-7-22-14-16-9-18-20-14)11-3-1-2-10(8-11)12-4-5-17-19-12/h1-5,8-9H,6-7H2,(H,15,21)(H,17,19)(H,16,18,20). The topological polar surface area (TPSA) is 99.3 Å². The van der Waals surface area contributed by atoms with Gasteiger partial charge in [-0.05, 0) is 18.2 Å². The van der Waals surface area contributed by atoms with E-state index in [2.05, 4.69) is 30.7 Å². The molecule has 0 aliphatic carbocycles. The summed E-state index contributed by atoms with van der Waals surface area (Å²) in [6.07, 6.45) is 3.14. The lowest BCUT2D eigenvalue weighted by Crippen LogP contribution is -2.25. The van der Waals surface area contributed by atoms with Crippen molar-refractivity contribution in [3.8, 4) is 11.3 Å². The molecule has 2 aromatic heterocycles. The molecule has 0 unspecified atom stereocenters. The van der Waals surface area contributed by atoms with Crippen molar-refractivity contribution in [3.63, 3.8) is 0 Å². The summed E-state index contributed by atoms with van der Waals surface area (Å²) in [6, 6.07) is 9.29. The van der Waals surface area contributed by atoms with Crippen LogP contribution in [0.5, 0.6) is 0 Å². The van der Waals surface area contributed by atoms with Crippen molar-refractivity contribution >= 4 is 17.7 Å². The predicted molar refractivity (Wildman–Crippen MR) is 83.5 cm³/mol. The second-order valence-electron chi connectivity index (χ2n) is 4.45. The number of nitrogens with zero attached hydrogens (tertiary/aromatic N) is 3. The maximum Gasteiger partial charge on any atom is 0.251 e. The highest BCUT2D eigenvalue weighted by Gasteiger charge is 2.07. The van der Waals surface area contributed by atoms with Crippen LogP contribution in [-0.4, -0.2) is 43.6 Å². The van der Waals surface area contributed by atoms with Crippen LogP contribution in [0.15, 0.2) is 48.0 Å². The Bertz CT molecular complexity index is 726. The average molecular weight is 314 g/mol. The molecule has 2 heterocycles. The Morgan fingerprint density at radius 2 is 2.18 bits per heavy atom. The first kappa shape index (κ1) is 14.3. The Hall–Kier alpha value is -2.61. The van der Waals surface area contributed by atoms with Crippen LogP contribution in [0.3, 0.4) is 0 Å². The molecule has 1 amide bonds. The molecule has 0 aliphatic rings. The molecule has 3 aromatic rings. The summed E-state index contributed by atoms with van der Waals surface area (Å²) in [6.45, 7) is 0.554. The number of H-pyrrole nitrogens is 2. The number of hydrogen-bond acceptors (Lipinski definition) is 5. The van der Waals surface area contributed by atoms with Gasteiger partial charge in [0.2, 0.25) is 0 Å². The van der Waals surface area contributed by atoms with Crippen LogP contribution in [0, 0.1) is 0 Å². The fourth-order valence-corrected chi connectivity index (χ4v) is 2.56. The zero-order valence-corrected chi connectivity index (χ0v) is 12.4. The number of amides is 1. The van der Waals surface area contributed by atoms with Crippen molar-refractivity contribution in [1.29, 1.82) is 0 Å². The molecule has 0 atom stereocenters. The molecular formula is C14H14N6OS. The van der Waals surface area contributed by atoms with E-state index in [-0.39, 0.29) is 5.91 Å². The zero-order chi connectivity index (χ0) is 15.2. The lowest BCUT2D eigenvalue weighted by Gasteiger charge is -2.06. The number of hydrogen-bond donors (Lipinski definition) is 3. The SMILES string of the molecule is O=C(NCCSc1ncn[nH]1)c1cccc(-c2ccn[nH]2)c1. The number of aromatic nitrogens is 5. The van der Waals surface area contributed by atoms with Gasteiger partial charge in [0.1, 0.15) is 6.33 Å². The van der Waals surface area contributed by atoms with Crippen LogP contribution in [0.25, 0.3) is 11.3 Å². The molecule has 0 spiro atoms. The second kappa shape index (κ2) is 6.90. The average Bonchev–Trinajstić information content (AvgIpc) is 3.24. The summed E-state index contributed by atoms with van der Waals surface area (Å²) in [4.78, 5) is 16.2. The number of carbonyl (C=O) groups excluding carboxylic acids is 1. The molecule has 112 valence electrons. The van der Waals surface area contributed by atoms with Gasteiger partial charge in [0.15, 0.2) is 5.16 Å². The number of rotatable bonds is 6. The van der Waals surface area contributed by atoms with Crippen LogP contribution in [0.2, 0.25) is 0 Å². The highest BCUT2D eigenvalue weighted by atomic mass is 32.2. The van der Waals surface area contributed by atoms with Crippen molar-refractivity contribution < 1.29 is 4.79 Å². The monoisotopic (exact) mass is 314 g/mol. The van der Waals surface area contributed by atoms with Gasteiger partial charge >= 0.3 is 0 Å². The minimum Gasteiger partial charge on any atom is -0.351 e. The van der Waals surface area contributed by atoms with E-state index in [1.54, 1.807) is 12.3 Å². The van der Waals surface area contributed by atoms with Gasteiger partial charge in [-0.3, -0.25) is 15.0 Å². The smallest absolute Gasteiger partial charge is 0.251 e. The van der Waals surface area contributed by atoms with Crippen molar-refractivity contribution in [1.82, 2.24) is 30.7 Å². The molecule has 0 bridgehead atoms. The molecule has 0 saturated carbocycles. The Morgan fingerprint density at radius 3 is 2.95 bits per heavy atom. The van der Waals surface area contributed by atoms with Gasteiger partial charge in [-0.25, -0.2) is 4.98 Å². The van der Waals surface area contributed by atoms with E-state index in [0.717, 1.165) is 22.2 Å². The number of nitrogens with one attached hydrogen (secondary N) is 3. The highest BCUT2D eigenvalue weighted by molar-refractivity contribution is 7.99. The third kappa shape index (κ3) is 3.53. The first-order chi connectivity index (χ1) is 10.8. The summed E-state index contributed by atoms with van der Waals surface area (Å²) in [5.41, 5.74) is 2.44. The van der Waals surface area contributed by atoms with Gasteiger partial charge < -0.3 is 5.32 Å². The van der Waals surface area contributed by atoms with Gasteiger partial charge in [0, 0.05) is 29.6 Å². The van der Waals surface area contributed by atoms with Crippen molar-refractivity contribution in [2.75, 3.05) is 12.3 Å². The summed E-state index contributed by atoms with van der Waals surface area (Å²) < 4.78 is 0. The fourth-order valence-electron chi connectivity index (χ4n) is 1.92. The number of aromatic amines is 2. The molecule has 0 fully saturated rings. The normalized spacial score (nSPS) is 10.5. The Morgan fingerprint density at radius 1 is 1.23 bits per heavy atom. The van der Waals surface area contributed by atoms with Crippen LogP contribution in [0.4, 0.5) is 0 Å². The minimum atomic E-state index is -0.0977. The van der Waals surface area contributed by atoms with Gasteiger partial charge in [-0.15, -0.1) is 0 Å². The summed E-state index contributed by atoms with van der Waals surface area (Å²) in [5, 5.41) is 17.0. The van der Waals surface area contributed by atoms with E-state index >= 15 is 0 Å². The third-order valence-corrected chi connectivity index (χ3v) is 3.83. The van der Waals surface area contributed by atoms with E-state index in [1.807, 2.05) is 24.3 Å². The lowest BCUT2D eigenvalue weighted by molar-refractivity contribution is 0.0956. The third-order valence-electron chi connectivity index (χ3n) is 2.96. The molecule has 3 rings (SSSR count). The summed E-state index contributed by atoms with van der Waals surface area (Å²) in [5.74, 6) is 0.626. The van der Waals surface area contributed by atoms with E-state index in [1.165, 1.54) is 18.1 Å². The highest BCUT2D eigenvalue weighted by Crippen LogP contribution is 2.17. The first-order valence-electron chi connectivity index (χ1n) is 6.69. The number of thioether (sulfide) groups is 1. The Labute approximate surface area is 130 Å². The van der Waals surface area contributed by atoms with E-state index in [4.69, 9.17) is 0 Å². The predicted octanol–water partition coefficient (Wildman–Crippen LogP) is 1.72. The van der Waals surface area contributed by atoms with Gasteiger partial charge in [0.25, 0.3) is 5.91 Å². The van der Waals surface area contributed by atoms with Crippen LogP contribution >= 0.6 is 11.8 Å². The van der Waals surface area contributed by atoms with Gasteiger partial charge in [0.05, 0.1) is 5.69 Å². The van der Waals surface area contributed by atoms with E-state index in [9.17, 15) is 4.79 Å². The molecule has 0 saturated heterocycles. The van der Waals surface area contributed by atoms with Gasteiger partial charge in [-0.2, -0.15) is 10.2 Å². The second-order valence-corrected chi connectivity index (χ2v) is 5.53. The Balaban J connectivity index is 1.55. The van der Waals surface area contributed by atoms with Gasteiger partial charge in [-0.1, -0.05) is 23.9 Å². The molecule has 1 aromatic carbocycles. The Kier molecular flexibility index (Phi) is 4.50. The van der Waals surface area contributed by atoms with Crippen molar-refractivity contribution in [2.45, 2.75) is 5.16 Å². The van der Waals surface area contributed by atoms with Crippen LogP contribution in [-0.2, 0) is 0 Å². The molecule has 0 radical (unpaired) electrons. The largest absolute Gasteiger partial charge is 0.351 e. The summed E-state index contributed by atoms with van der Waals surface area (Å²) in [7, 11) is 0. The van der Waals surface area contributed by atoms with Crippen molar-refractivity contribution in [2.24, 2.45) is 0 Å². The molecule has 3 N–H and O–H groups in total.